The van der Waals surface area contributed by atoms with E-state index in [4.69, 9.17) is 14.2 Å². The van der Waals surface area contributed by atoms with Crippen LogP contribution in [0.4, 0.5) is 10.5 Å². The molecule has 0 bridgehead atoms. The lowest BCUT2D eigenvalue weighted by molar-refractivity contribution is -0.0765. The fourth-order valence-electron chi connectivity index (χ4n) is 3.56. The van der Waals surface area contributed by atoms with Gasteiger partial charge in [0.15, 0.2) is 6.29 Å². The maximum Gasteiger partial charge on any atom is 0.411 e. The highest BCUT2D eigenvalue weighted by molar-refractivity contribution is 5.84. The van der Waals surface area contributed by atoms with Crippen LogP contribution in [0.15, 0.2) is 54.6 Å². The first kappa shape index (κ1) is 25.7. The molecule has 2 aromatic rings. The molecule has 2 rings (SSSR count). The molecule has 0 aliphatic rings. The van der Waals surface area contributed by atoms with Crippen LogP contribution in [0.2, 0.25) is 0 Å². The third kappa shape index (κ3) is 9.31. The monoisotopic (exact) mass is 441 g/mol. The van der Waals surface area contributed by atoms with E-state index < -0.39 is 12.4 Å². The van der Waals surface area contributed by atoms with E-state index in [1.807, 2.05) is 37.3 Å². The van der Waals surface area contributed by atoms with Crippen LogP contribution in [-0.2, 0) is 9.47 Å². The Balaban J connectivity index is 1.78. The van der Waals surface area contributed by atoms with Crippen LogP contribution < -0.4 is 10.1 Å². The molecule has 0 aliphatic carbocycles. The Morgan fingerprint density at radius 1 is 0.906 bits per heavy atom. The van der Waals surface area contributed by atoms with Crippen molar-refractivity contribution in [1.29, 1.82) is 0 Å². The number of para-hydroxylation sites is 1. The molecule has 2 aromatic carbocycles. The van der Waals surface area contributed by atoms with E-state index in [-0.39, 0.29) is 24.0 Å². The molecule has 0 fully saturated rings. The average molecular weight is 442 g/mol. The lowest BCUT2D eigenvalue weighted by Gasteiger charge is -2.36. The molecule has 0 saturated heterocycles. The normalized spacial score (nSPS) is 13.8. The standard InChI is InChI=1S/C27H39NO4/c1-20(30-17-18-31-25(29)28-22-11-9-8-10-12-22)32-23-15-13-21(14-16-23)24(27(5,6)7)19-26(2,3)4/h8-16,20,24H,17-19H2,1-7H3,(H,28,29). The van der Waals surface area contributed by atoms with E-state index in [1.165, 1.54) is 5.56 Å². The van der Waals surface area contributed by atoms with Gasteiger partial charge in [0, 0.05) is 5.69 Å². The zero-order chi connectivity index (χ0) is 23.8. The lowest BCUT2D eigenvalue weighted by Crippen LogP contribution is -2.24. The Labute approximate surface area is 193 Å². The van der Waals surface area contributed by atoms with Gasteiger partial charge < -0.3 is 14.2 Å². The summed E-state index contributed by atoms with van der Waals surface area (Å²) in [5.41, 5.74) is 2.45. The quantitative estimate of drug-likeness (QED) is 0.329. The summed E-state index contributed by atoms with van der Waals surface area (Å²) in [5, 5.41) is 2.66. The van der Waals surface area contributed by atoms with Crippen molar-refractivity contribution in [1.82, 2.24) is 0 Å². The van der Waals surface area contributed by atoms with E-state index in [9.17, 15) is 4.79 Å². The number of nitrogens with one attached hydrogen (secondary N) is 1. The summed E-state index contributed by atoms with van der Waals surface area (Å²) in [7, 11) is 0. The van der Waals surface area contributed by atoms with Crippen LogP contribution in [0.3, 0.4) is 0 Å². The number of benzene rings is 2. The summed E-state index contributed by atoms with van der Waals surface area (Å²) in [6.07, 6.45) is 0.163. The van der Waals surface area contributed by atoms with Gasteiger partial charge in [-0.05, 0) is 59.9 Å². The zero-order valence-corrected chi connectivity index (χ0v) is 20.6. The topological polar surface area (TPSA) is 56.8 Å². The van der Waals surface area contributed by atoms with E-state index in [0.29, 0.717) is 11.6 Å². The first-order chi connectivity index (χ1) is 14.9. The summed E-state index contributed by atoms with van der Waals surface area (Å²) in [4.78, 5) is 11.8. The highest BCUT2D eigenvalue weighted by atomic mass is 16.7. The van der Waals surface area contributed by atoms with Crippen LogP contribution in [0.25, 0.3) is 0 Å². The number of amides is 1. The highest BCUT2D eigenvalue weighted by Gasteiger charge is 2.30. The molecule has 2 unspecified atom stereocenters. The van der Waals surface area contributed by atoms with Gasteiger partial charge in [0.1, 0.15) is 12.4 Å². The largest absolute Gasteiger partial charge is 0.465 e. The molecule has 1 amide bonds. The molecule has 0 heterocycles. The van der Waals surface area contributed by atoms with Crippen molar-refractivity contribution in [3.05, 3.63) is 60.2 Å². The second kappa shape index (κ2) is 11.4. The second-order valence-electron chi connectivity index (χ2n) is 10.4. The maximum absolute atomic E-state index is 11.8. The van der Waals surface area contributed by atoms with Crippen molar-refractivity contribution >= 4 is 11.8 Å². The van der Waals surface area contributed by atoms with Crippen LogP contribution >= 0.6 is 0 Å². The molecular formula is C27H39NO4. The van der Waals surface area contributed by atoms with E-state index in [1.54, 1.807) is 12.1 Å². The molecule has 1 N–H and O–H groups in total. The molecule has 0 aliphatic heterocycles. The average Bonchev–Trinajstić information content (AvgIpc) is 2.69. The Bertz CT molecular complexity index is 819. The molecule has 32 heavy (non-hydrogen) atoms. The molecular weight excluding hydrogens is 402 g/mol. The van der Waals surface area contributed by atoms with Crippen LogP contribution in [0.1, 0.15) is 66.4 Å². The molecule has 2 atom stereocenters. The number of carbonyl (C=O) groups excluding carboxylic acids is 1. The van der Waals surface area contributed by atoms with Gasteiger partial charge in [-0.1, -0.05) is 71.9 Å². The molecule has 0 radical (unpaired) electrons. The minimum atomic E-state index is -0.507. The van der Waals surface area contributed by atoms with Gasteiger partial charge >= 0.3 is 6.09 Å². The third-order valence-corrected chi connectivity index (χ3v) is 5.14. The molecule has 0 saturated carbocycles. The second-order valence-corrected chi connectivity index (χ2v) is 10.4. The number of anilines is 1. The Kier molecular flexibility index (Phi) is 9.14. The van der Waals surface area contributed by atoms with Gasteiger partial charge in [-0.3, -0.25) is 5.32 Å². The Hall–Kier alpha value is -2.53. The fourth-order valence-corrected chi connectivity index (χ4v) is 3.56. The third-order valence-electron chi connectivity index (χ3n) is 5.14. The molecule has 176 valence electrons. The highest BCUT2D eigenvalue weighted by Crippen LogP contribution is 2.43. The predicted octanol–water partition coefficient (Wildman–Crippen LogP) is 7.24. The van der Waals surface area contributed by atoms with Gasteiger partial charge in [0.2, 0.25) is 0 Å². The van der Waals surface area contributed by atoms with Crippen molar-refractivity contribution in [3.63, 3.8) is 0 Å². The summed E-state index contributed by atoms with van der Waals surface area (Å²) in [5.74, 6) is 1.22. The fraction of sp³-hybridized carbons (Fsp3) is 0.519. The minimum absolute atomic E-state index is 0.144. The summed E-state index contributed by atoms with van der Waals surface area (Å²) in [6.45, 7) is 16.0. The van der Waals surface area contributed by atoms with E-state index >= 15 is 0 Å². The van der Waals surface area contributed by atoms with Crippen molar-refractivity contribution in [2.75, 3.05) is 18.5 Å². The van der Waals surface area contributed by atoms with Gasteiger partial charge in [0.25, 0.3) is 0 Å². The van der Waals surface area contributed by atoms with E-state index in [0.717, 1.165) is 12.2 Å². The minimum Gasteiger partial charge on any atom is -0.465 e. The zero-order valence-electron chi connectivity index (χ0n) is 20.6. The number of rotatable bonds is 9. The van der Waals surface area contributed by atoms with Crippen molar-refractivity contribution < 1.29 is 19.0 Å². The van der Waals surface area contributed by atoms with Crippen molar-refractivity contribution in [2.45, 2.75) is 67.1 Å². The smallest absolute Gasteiger partial charge is 0.411 e. The number of hydrogen-bond donors (Lipinski definition) is 1. The van der Waals surface area contributed by atoms with Crippen LogP contribution in [0, 0.1) is 10.8 Å². The van der Waals surface area contributed by atoms with Crippen LogP contribution in [0.5, 0.6) is 5.75 Å². The van der Waals surface area contributed by atoms with Gasteiger partial charge in [-0.25, -0.2) is 4.79 Å². The van der Waals surface area contributed by atoms with Crippen LogP contribution in [-0.4, -0.2) is 25.6 Å². The summed E-state index contributed by atoms with van der Waals surface area (Å²) >= 11 is 0. The number of hydrogen-bond acceptors (Lipinski definition) is 4. The first-order valence-electron chi connectivity index (χ1n) is 11.3. The summed E-state index contributed by atoms with van der Waals surface area (Å²) in [6, 6.07) is 17.5. The van der Waals surface area contributed by atoms with E-state index in [2.05, 4.69) is 59.0 Å². The molecule has 5 nitrogen and oxygen atoms in total. The molecule has 5 heteroatoms. The number of carbonyl (C=O) groups is 1. The van der Waals surface area contributed by atoms with Crippen molar-refractivity contribution in [2.24, 2.45) is 10.8 Å². The SMILES string of the molecule is CC(OCCOC(=O)Nc1ccccc1)Oc1ccc(C(CC(C)(C)C)C(C)(C)C)cc1. The predicted molar refractivity (Wildman–Crippen MR) is 130 cm³/mol. The van der Waals surface area contributed by atoms with Gasteiger partial charge in [-0.15, -0.1) is 0 Å². The Morgan fingerprint density at radius 2 is 1.53 bits per heavy atom. The molecule has 0 spiro atoms. The summed E-state index contributed by atoms with van der Waals surface area (Å²) < 4.78 is 16.6. The van der Waals surface area contributed by atoms with Gasteiger partial charge in [-0.2, -0.15) is 0 Å². The molecule has 0 aromatic heterocycles. The Morgan fingerprint density at radius 3 is 2.09 bits per heavy atom. The maximum atomic E-state index is 11.8. The first-order valence-corrected chi connectivity index (χ1v) is 11.3. The lowest BCUT2D eigenvalue weighted by atomic mass is 9.69. The van der Waals surface area contributed by atoms with Crippen molar-refractivity contribution in [3.8, 4) is 5.75 Å². The van der Waals surface area contributed by atoms with Gasteiger partial charge in [0.05, 0.1) is 6.61 Å². The number of ether oxygens (including phenoxy) is 3.